The van der Waals surface area contributed by atoms with Gasteiger partial charge in [-0.2, -0.15) is 0 Å². The number of anilines is 6. The Kier molecular flexibility index (Phi) is 8.51. The average Bonchev–Trinajstić information content (AvgIpc) is 3.22. The Morgan fingerprint density at radius 3 is 1.17 bits per heavy atom. The molecule has 0 radical (unpaired) electrons. The van der Waals surface area contributed by atoms with Gasteiger partial charge in [-0.25, -0.2) is 0 Å². The van der Waals surface area contributed by atoms with Crippen molar-refractivity contribution in [1.29, 1.82) is 0 Å². The predicted octanol–water partition coefficient (Wildman–Crippen LogP) is 10.7. The van der Waals surface area contributed by atoms with Crippen molar-refractivity contribution in [3.63, 3.8) is 0 Å². The fraction of sp³-hybridized carbons (Fsp3) is 0.214. The maximum atomic E-state index is 2.70. The van der Waals surface area contributed by atoms with Crippen LogP contribution in [0.3, 0.4) is 0 Å². The average molecular weight is 775 g/mol. The zero-order valence-electron chi connectivity index (χ0n) is 36.4. The van der Waals surface area contributed by atoms with Gasteiger partial charge in [-0.05, 0) is 133 Å². The van der Waals surface area contributed by atoms with E-state index in [-0.39, 0.29) is 13.4 Å². The molecule has 0 atom stereocenters. The van der Waals surface area contributed by atoms with E-state index in [1.165, 1.54) is 133 Å². The number of hydrogen-bond acceptors (Lipinski definition) is 2. The molecule has 11 rings (SSSR count). The van der Waals surface area contributed by atoms with Crippen LogP contribution in [-0.2, 0) is 12.8 Å². The first-order valence-corrected chi connectivity index (χ1v) is 22.3. The van der Waals surface area contributed by atoms with Crippen LogP contribution in [0.5, 0.6) is 0 Å². The molecule has 2 nitrogen and oxygen atoms in total. The van der Waals surface area contributed by atoms with Gasteiger partial charge in [0.15, 0.2) is 0 Å². The highest BCUT2D eigenvalue weighted by Crippen LogP contribution is 2.57. The van der Waals surface area contributed by atoms with E-state index >= 15 is 0 Å². The van der Waals surface area contributed by atoms with Crippen LogP contribution in [-0.4, -0.2) is 13.4 Å². The summed E-state index contributed by atoms with van der Waals surface area (Å²) < 4.78 is 0. The molecule has 8 aromatic rings. The van der Waals surface area contributed by atoms with Crippen molar-refractivity contribution in [1.82, 2.24) is 0 Å². The minimum absolute atomic E-state index is 0.0665. The highest BCUT2D eigenvalue weighted by Gasteiger charge is 2.48. The SMILES string of the molecule is CCCc1ccc2c(c1)B(c1c(C)cc(C)cc1C)c1c3c(cc4ccccc14)N1c4ccc(CCC)cc4B(c4c(C)cc(C)cc4C)c4c1c(cc1ccccc41)N23. The predicted molar refractivity (Wildman–Crippen MR) is 263 cm³/mol. The normalized spacial score (nSPS) is 13.5. The lowest BCUT2D eigenvalue weighted by atomic mass is 9.32. The molecular formula is C56H52B2N2. The minimum atomic E-state index is 0.0665. The molecule has 4 heteroatoms. The van der Waals surface area contributed by atoms with Gasteiger partial charge in [0.05, 0.1) is 22.7 Å². The molecule has 60 heavy (non-hydrogen) atoms. The molecule has 0 amide bonds. The molecule has 8 aromatic carbocycles. The monoisotopic (exact) mass is 774 g/mol. The van der Waals surface area contributed by atoms with E-state index in [0.29, 0.717) is 0 Å². The second-order valence-electron chi connectivity index (χ2n) is 18.2. The Hall–Kier alpha value is -5.99. The smallest absolute Gasteiger partial charge is 0.248 e. The molecule has 0 bridgehead atoms. The first-order valence-electron chi connectivity index (χ1n) is 22.3. The number of benzene rings is 8. The largest absolute Gasteiger partial charge is 0.307 e. The Morgan fingerprint density at radius 2 is 0.783 bits per heavy atom. The number of rotatable bonds is 6. The molecule has 0 aromatic heterocycles. The molecule has 0 spiro atoms. The van der Waals surface area contributed by atoms with Gasteiger partial charge < -0.3 is 9.80 Å². The number of aryl methyl sites for hydroxylation is 8. The molecule has 3 heterocycles. The van der Waals surface area contributed by atoms with Gasteiger partial charge in [-0.15, -0.1) is 0 Å². The van der Waals surface area contributed by atoms with Gasteiger partial charge in [0.25, 0.3) is 0 Å². The number of fused-ring (bicyclic) bond motifs is 10. The van der Waals surface area contributed by atoms with Crippen LogP contribution in [0.2, 0.25) is 0 Å². The van der Waals surface area contributed by atoms with Crippen molar-refractivity contribution in [3.8, 4) is 0 Å². The summed E-state index contributed by atoms with van der Waals surface area (Å²) in [5.74, 6) is 0. The van der Waals surface area contributed by atoms with E-state index in [1.807, 2.05) is 0 Å². The van der Waals surface area contributed by atoms with E-state index in [0.717, 1.165) is 25.7 Å². The molecule has 0 saturated carbocycles. The van der Waals surface area contributed by atoms with Crippen molar-refractivity contribution in [2.24, 2.45) is 0 Å². The molecule has 0 fully saturated rings. The van der Waals surface area contributed by atoms with E-state index in [9.17, 15) is 0 Å². The van der Waals surface area contributed by atoms with Crippen LogP contribution in [0.25, 0.3) is 21.5 Å². The van der Waals surface area contributed by atoms with Gasteiger partial charge >= 0.3 is 0 Å². The van der Waals surface area contributed by atoms with Crippen LogP contribution in [0, 0.1) is 41.5 Å². The first kappa shape index (κ1) is 37.0. The lowest BCUT2D eigenvalue weighted by Gasteiger charge is -2.50. The van der Waals surface area contributed by atoms with Gasteiger partial charge in [-0.3, -0.25) is 0 Å². The van der Waals surface area contributed by atoms with Crippen LogP contribution < -0.4 is 42.6 Å². The van der Waals surface area contributed by atoms with E-state index in [2.05, 4.69) is 187 Å². The van der Waals surface area contributed by atoms with Gasteiger partial charge in [0.1, 0.15) is 0 Å². The third-order valence-electron chi connectivity index (χ3n) is 14.0. The van der Waals surface area contributed by atoms with Crippen molar-refractivity contribution in [2.45, 2.75) is 81.1 Å². The fourth-order valence-corrected chi connectivity index (χ4v) is 12.0. The molecule has 0 unspecified atom stereocenters. The summed E-state index contributed by atoms with van der Waals surface area (Å²) in [5.41, 5.74) is 27.2. The zero-order chi connectivity index (χ0) is 41.1. The number of nitrogens with zero attached hydrogens (tertiary/aromatic N) is 2. The summed E-state index contributed by atoms with van der Waals surface area (Å²) in [7, 11) is 0. The third kappa shape index (κ3) is 5.29. The maximum Gasteiger partial charge on any atom is 0.248 e. The van der Waals surface area contributed by atoms with Crippen molar-refractivity contribution in [3.05, 3.63) is 166 Å². The lowest BCUT2D eigenvalue weighted by Crippen LogP contribution is -2.62. The summed E-state index contributed by atoms with van der Waals surface area (Å²) in [5, 5.41) is 5.24. The Morgan fingerprint density at radius 1 is 0.400 bits per heavy atom. The summed E-state index contributed by atoms with van der Waals surface area (Å²) in [4.78, 5) is 5.39. The Bertz CT molecular complexity index is 2870. The van der Waals surface area contributed by atoms with Crippen molar-refractivity contribution >= 4 is 102 Å². The summed E-state index contributed by atoms with van der Waals surface area (Å²) >= 11 is 0. The highest BCUT2D eigenvalue weighted by atomic mass is 15.3. The minimum Gasteiger partial charge on any atom is -0.307 e. The summed E-state index contributed by atoms with van der Waals surface area (Å²) in [6.45, 7) is 18.6. The molecule has 292 valence electrons. The van der Waals surface area contributed by atoms with Crippen LogP contribution >= 0.6 is 0 Å². The van der Waals surface area contributed by atoms with Crippen molar-refractivity contribution in [2.75, 3.05) is 9.80 Å². The first-order chi connectivity index (χ1) is 29.2. The zero-order valence-corrected chi connectivity index (χ0v) is 36.4. The molecule has 0 saturated heterocycles. The third-order valence-corrected chi connectivity index (χ3v) is 14.0. The lowest BCUT2D eigenvalue weighted by molar-refractivity contribution is 0.922. The maximum absolute atomic E-state index is 2.70. The summed E-state index contributed by atoms with van der Waals surface area (Å²) in [6.07, 6.45) is 4.36. The van der Waals surface area contributed by atoms with E-state index in [1.54, 1.807) is 0 Å². The van der Waals surface area contributed by atoms with Crippen LogP contribution in [0.1, 0.15) is 71.2 Å². The molecular weight excluding hydrogens is 722 g/mol. The molecule has 0 N–H and O–H groups in total. The molecule has 0 aliphatic carbocycles. The highest BCUT2D eigenvalue weighted by molar-refractivity contribution is 7.01. The van der Waals surface area contributed by atoms with E-state index < -0.39 is 0 Å². The van der Waals surface area contributed by atoms with Crippen LogP contribution in [0.4, 0.5) is 34.1 Å². The fourth-order valence-electron chi connectivity index (χ4n) is 12.0. The Balaban J connectivity index is 1.34. The van der Waals surface area contributed by atoms with Gasteiger partial charge in [0.2, 0.25) is 13.4 Å². The Labute approximate surface area is 357 Å². The second-order valence-corrected chi connectivity index (χ2v) is 18.2. The molecule has 3 aliphatic rings. The van der Waals surface area contributed by atoms with Crippen LogP contribution in [0.15, 0.2) is 121 Å². The van der Waals surface area contributed by atoms with E-state index in [4.69, 9.17) is 0 Å². The summed E-state index contributed by atoms with van der Waals surface area (Å²) in [6, 6.07) is 47.9. The number of hydrogen-bond donors (Lipinski definition) is 0. The van der Waals surface area contributed by atoms with Crippen molar-refractivity contribution < 1.29 is 0 Å². The van der Waals surface area contributed by atoms with Gasteiger partial charge in [-0.1, -0.05) is 168 Å². The quantitative estimate of drug-likeness (QED) is 0.155. The molecule has 3 aliphatic heterocycles. The van der Waals surface area contributed by atoms with Gasteiger partial charge in [0, 0.05) is 11.4 Å². The standard InChI is InChI=1S/C56H52B2N2/c1-9-15-39-21-23-47-45(29-39)57(51-35(5)25-33(3)26-36(51)6)53-43-19-13-11-17-41(43)32-50-55(53)59(47)49-31-42-18-12-14-20-44(42)54-56(49)60(50)48-24-22-40(16-10-2)30-46(48)58(54)52-37(7)27-34(4)28-38(52)8/h11-14,17-32H,9-10,15-16H2,1-8H3. The topological polar surface area (TPSA) is 6.48 Å². The second kappa shape index (κ2) is 13.8.